The quantitative estimate of drug-likeness (QED) is 0.608. The molecule has 2 atom stereocenters. The van der Waals surface area contributed by atoms with Crippen molar-refractivity contribution < 1.29 is 0 Å². The highest BCUT2D eigenvalue weighted by molar-refractivity contribution is 5.66. The van der Waals surface area contributed by atoms with Crippen molar-refractivity contribution in [2.75, 3.05) is 0 Å². The minimum absolute atomic E-state index is 0.253. The minimum Gasteiger partial charge on any atom is -0.381 e. The fourth-order valence-corrected chi connectivity index (χ4v) is 3.68. The Bertz CT molecular complexity index is 798. The van der Waals surface area contributed by atoms with E-state index in [0.717, 1.165) is 12.8 Å². The van der Waals surface area contributed by atoms with E-state index in [4.69, 9.17) is 0 Å². The topological polar surface area (TPSA) is 12.0 Å². The molecule has 3 rings (SSSR count). The third-order valence-electron chi connectivity index (χ3n) is 5.26. The Hall–Kier alpha value is -2.28. The van der Waals surface area contributed by atoms with Crippen molar-refractivity contribution in [1.82, 2.24) is 5.32 Å². The van der Waals surface area contributed by atoms with E-state index >= 15 is 0 Å². The average molecular weight is 346 g/mol. The van der Waals surface area contributed by atoms with E-state index in [0.29, 0.717) is 11.8 Å². The zero-order valence-electron chi connectivity index (χ0n) is 16.5. The van der Waals surface area contributed by atoms with Gasteiger partial charge in [0.15, 0.2) is 0 Å². The summed E-state index contributed by atoms with van der Waals surface area (Å²) in [5, 5.41) is 3.50. The van der Waals surface area contributed by atoms with Crippen LogP contribution in [0.5, 0.6) is 0 Å². The summed E-state index contributed by atoms with van der Waals surface area (Å²) in [6.07, 6.45) is 10.8. The summed E-state index contributed by atoms with van der Waals surface area (Å²) >= 11 is 0. The van der Waals surface area contributed by atoms with Gasteiger partial charge in [-0.2, -0.15) is 0 Å². The van der Waals surface area contributed by atoms with Gasteiger partial charge in [0.05, 0.1) is 6.04 Å². The molecular weight excluding hydrogens is 314 g/mol. The van der Waals surface area contributed by atoms with Crippen molar-refractivity contribution in [1.29, 1.82) is 0 Å². The number of hydrogen-bond acceptors (Lipinski definition) is 1. The number of nitrogens with one attached hydrogen (secondary N) is 1. The van der Waals surface area contributed by atoms with Crippen LogP contribution >= 0.6 is 0 Å². The Morgan fingerprint density at radius 3 is 2.46 bits per heavy atom. The molecule has 1 N–H and O–H groups in total. The Labute approximate surface area is 158 Å². The van der Waals surface area contributed by atoms with Crippen molar-refractivity contribution in [3.05, 3.63) is 83.6 Å². The van der Waals surface area contributed by atoms with Crippen LogP contribution in [0.1, 0.15) is 62.8 Å². The molecule has 26 heavy (non-hydrogen) atoms. The lowest BCUT2D eigenvalue weighted by Crippen LogP contribution is -2.17. The molecule has 0 fully saturated rings. The molecule has 1 aliphatic rings. The van der Waals surface area contributed by atoms with Gasteiger partial charge in [-0.1, -0.05) is 76.2 Å². The molecule has 2 aromatic rings. The first-order valence-corrected chi connectivity index (χ1v) is 9.91. The van der Waals surface area contributed by atoms with Gasteiger partial charge < -0.3 is 5.32 Å². The molecule has 136 valence electrons. The highest BCUT2D eigenvalue weighted by atomic mass is 14.9. The van der Waals surface area contributed by atoms with E-state index in [1.54, 1.807) is 0 Å². The molecule has 1 heteroatoms. The van der Waals surface area contributed by atoms with E-state index < -0.39 is 0 Å². The summed E-state index contributed by atoms with van der Waals surface area (Å²) < 4.78 is 0. The lowest BCUT2D eigenvalue weighted by molar-refractivity contribution is 0.647. The van der Waals surface area contributed by atoms with Crippen LogP contribution in [0.25, 0.3) is 11.1 Å². The normalized spacial score (nSPS) is 17.3. The van der Waals surface area contributed by atoms with Crippen LogP contribution in [0, 0.1) is 5.92 Å². The summed E-state index contributed by atoms with van der Waals surface area (Å²) in [6.45, 7) is 9.15. The van der Waals surface area contributed by atoms with Crippen LogP contribution in [0.3, 0.4) is 0 Å². The van der Waals surface area contributed by atoms with Crippen LogP contribution in [0.4, 0.5) is 0 Å². The molecule has 0 aromatic heterocycles. The highest BCUT2D eigenvalue weighted by Gasteiger charge is 2.17. The van der Waals surface area contributed by atoms with Gasteiger partial charge in [0.25, 0.3) is 0 Å². The average Bonchev–Trinajstić information content (AvgIpc) is 2.67. The zero-order valence-corrected chi connectivity index (χ0v) is 16.5. The van der Waals surface area contributed by atoms with Gasteiger partial charge in [0.2, 0.25) is 0 Å². The maximum absolute atomic E-state index is 3.50. The smallest absolute Gasteiger partial charge is 0.0698 e. The maximum Gasteiger partial charge on any atom is 0.0698 e. The van der Waals surface area contributed by atoms with Gasteiger partial charge in [-0.15, -0.1) is 0 Å². The van der Waals surface area contributed by atoms with Gasteiger partial charge in [-0.05, 0) is 70.8 Å². The summed E-state index contributed by atoms with van der Waals surface area (Å²) in [6, 6.07) is 16.3. The first kappa shape index (κ1) is 18.5. The van der Waals surface area contributed by atoms with Gasteiger partial charge in [-0.3, -0.25) is 0 Å². The van der Waals surface area contributed by atoms with Crippen LogP contribution in [-0.4, -0.2) is 0 Å². The van der Waals surface area contributed by atoms with Crippen LogP contribution < -0.4 is 5.32 Å². The third-order valence-corrected chi connectivity index (χ3v) is 5.26. The molecule has 0 bridgehead atoms. The van der Waals surface area contributed by atoms with Crippen LogP contribution in [0.2, 0.25) is 0 Å². The van der Waals surface area contributed by atoms with Crippen molar-refractivity contribution in [2.24, 2.45) is 5.92 Å². The number of benzene rings is 2. The predicted octanol–water partition coefficient (Wildman–Crippen LogP) is 6.78. The second-order valence-corrected chi connectivity index (χ2v) is 7.84. The molecule has 0 spiro atoms. The molecule has 0 aliphatic carbocycles. The molecule has 1 nitrogen and oxygen atoms in total. The molecule has 2 unspecified atom stereocenters. The standard InChI is InChI=1S/C25H31N/c1-5-19(4)23-13-12-22(17-24(23)25-11-6-7-14-26-25)21-10-8-9-20(16-21)15-18(2)3/h6-14,16-19,25-26H,5,15H2,1-4H3. The lowest BCUT2D eigenvalue weighted by atomic mass is 9.87. The summed E-state index contributed by atoms with van der Waals surface area (Å²) in [7, 11) is 0. The van der Waals surface area contributed by atoms with E-state index in [9.17, 15) is 0 Å². The summed E-state index contributed by atoms with van der Waals surface area (Å²) in [4.78, 5) is 0. The molecule has 0 saturated carbocycles. The molecule has 2 aromatic carbocycles. The van der Waals surface area contributed by atoms with Crippen molar-refractivity contribution in [2.45, 2.75) is 52.5 Å². The molecule has 0 amide bonds. The van der Waals surface area contributed by atoms with E-state index in [2.05, 4.69) is 93.7 Å². The minimum atomic E-state index is 0.253. The Morgan fingerprint density at radius 1 is 0.962 bits per heavy atom. The summed E-state index contributed by atoms with van der Waals surface area (Å²) in [5.74, 6) is 1.24. The zero-order chi connectivity index (χ0) is 18.5. The number of allylic oxidation sites excluding steroid dienone is 2. The summed E-state index contributed by atoms with van der Waals surface area (Å²) in [5.41, 5.74) is 6.89. The van der Waals surface area contributed by atoms with E-state index in [-0.39, 0.29) is 6.04 Å². The fourth-order valence-electron chi connectivity index (χ4n) is 3.68. The van der Waals surface area contributed by atoms with Crippen LogP contribution in [-0.2, 0) is 6.42 Å². The maximum atomic E-state index is 3.50. The fraction of sp³-hybridized carbons (Fsp3) is 0.360. The Morgan fingerprint density at radius 2 is 1.77 bits per heavy atom. The second kappa shape index (κ2) is 8.40. The van der Waals surface area contributed by atoms with Gasteiger partial charge in [0.1, 0.15) is 0 Å². The molecule has 0 radical (unpaired) electrons. The SMILES string of the molecule is CCC(C)c1ccc(-c2cccc(CC(C)C)c2)cc1C1C=CC=CN1. The lowest BCUT2D eigenvalue weighted by Gasteiger charge is -2.23. The highest BCUT2D eigenvalue weighted by Crippen LogP contribution is 2.33. The number of rotatable bonds is 6. The Balaban J connectivity index is 2.01. The third kappa shape index (κ3) is 4.27. The first-order chi connectivity index (χ1) is 12.6. The van der Waals surface area contributed by atoms with Crippen molar-refractivity contribution in [3.63, 3.8) is 0 Å². The monoisotopic (exact) mass is 345 g/mol. The van der Waals surface area contributed by atoms with E-state index in [1.165, 1.54) is 27.8 Å². The first-order valence-electron chi connectivity index (χ1n) is 9.91. The van der Waals surface area contributed by atoms with Gasteiger partial charge in [-0.25, -0.2) is 0 Å². The Kier molecular flexibility index (Phi) is 5.98. The predicted molar refractivity (Wildman–Crippen MR) is 113 cm³/mol. The van der Waals surface area contributed by atoms with Crippen molar-refractivity contribution >= 4 is 0 Å². The number of hydrogen-bond donors (Lipinski definition) is 1. The largest absolute Gasteiger partial charge is 0.381 e. The van der Waals surface area contributed by atoms with Crippen LogP contribution in [0.15, 0.2) is 66.9 Å². The molecule has 1 heterocycles. The number of dihydropyridines is 1. The molecular formula is C25H31N. The molecule has 1 aliphatic heterocycles. The second-order valence-electron chi connectivity index (χ2n) is 7.84. The van der Waals surface area contributed by atoms with Gasteiger partial charge in [0, 0.05) is 0 Å². The molecule has 0 saturated heterocycles. The van der Waals surface area contributed by atoms with E-state index in [1.807, 2.05) is 6.20 Å². The van der Waals surface area contributed by atoms with Crippen molar-refractivity contribution in [3.8, 4) is 11.1 Å². The van der Waals surface area contributed by atoms with Gasteiger partial charge >= 0.3 is 0 Å².